The predicted molar refractivity (Wildman–Crippen MR) is 94.4 cm³/mol. The fourth-order valence-corrected chi connectivity index (χ4v) is 4.27. The van der Waals surface area contributed by atoms with Gasteiger partial charge in [-0.2, -0.15) is 0 Å². The van der Waals surface area contributed by atoms with E-state index in [9.17, 15) is 9.59 Å². The molecule has 0 atom stereocenters. The molecule has 0 unspecified atom stereocenters. The number of primary amides is 1. The minimum atomic E-state index is -0.500. The lowest BCUT2D eigenvalue weighted by Gasteiger charge is -2.20. The Hall–Kier alpha value is -1.66. The molecule has 0 spiro atoms. The topological polar surface area (TPSA) is 63.4 Å². The van der Waals surface area contributed by atoms with Crippen LogP contribution in [-0.4, -0.2) is 23.3 Å². The zero-order valence-corrected chi connectivity index (χ0v) is 15.0. The van der Waals surface area contributed by atoms with Crippen LogP contribution < -0.4 is 5.73 Å². The van der Waals surface area contributed by atoms with E-state index in [1.807, 2.05) is 30.3 Å². The molecule has 2 amide bonds. The van der Waals surface area contributed by atoms with Crippen LogP contribution in [0.4, 0.5) is 0 Å². The molecule has 1 aliphatic carbocycles. The van der Waals surface area contributed by atoms with E-state index >= 15 is 0 Å². The van der Waals surface area contributed by atoms with Crippen LogP contribution in [0, 0.1) is 0 Å². The third kappa shape index (κ3) is 3.82. The molecule has 2 N–H and O–H groups in total. The Morgan fingerprint density at radius 3 is 2.61 bits per heavy atom. The van der Waals surface area contributed by atoms with Crippen molar-refractivity contribution < 1.29 is 9.59 Å². The summed E-state index contributed by atoms with van der Waals surface area (Å²) < 4.78 is 0.976. The lowest BCUT2D eigenvalue weighted by Crippen LogP contribution is -2.37. The number of amides is 2. The molecule has 6 heteroatoms. The molecule has 0 aliphatic heterocycles. The smallest absolute Gasteiger partial charge is 0.264 e. The molecule has 0 radical (unpaired) electrons. The highest BCUT2D eigenvalue weighted by Gasteiger charge is 2.23. The van der Waals surface area contributed by atoms with Crippen molar-refractivity contribution in [1.82, 2.24) is 4.90 Å². The molecule has 1 aliphatic rings. The molecule has 0 bridgehead atoms. The first-order chi connectivity index (χ1) is 11.0. The highest BCUT2D eigenvalue weighted by atomic mass is 79.9. The molecule has 23 heavy (non-hydrogen) atoms. The number of rotatable bonds is 5. The van der Waals surface area contributed by atoms with Gasteiger partial charge in [-0.05, 0) is 48.6 Å². The number of hydrogen-bond acceptors (Lipinski definition) is 3. The summed E-state index contributed by atoms with van der Waals surface area (Å²) in [5.41, 5.74) is 7.57. The van der Waals surface area contributed by atoms with Crippen molar-refractivity contribution in [1.29, 1.82) is 0 Å². The molecule has 3 rings (SSSR count). The van der Waals surface area contributed by atoms with Crippen molar-refractivity contribution in [3.05, 3.63) is 55.7 Å². The quantitative estimate of drug-likeness (QED) is 0.849. The van der Waals surface area contributed by atoms with Crippen molar-refractivity contribution in [2.24, 2.45) is 5.73 Å². The maximum absolute atomic E-state index is 12.8. The molecule has 0 fully saturated rings. The Kier molecular flexibility index (Phi) is 4.82. The fourth-order valence-electron chi connectivity index (χ4n) is 2.79. The number of nitrogens with zero attached hydrogens (tertiary/aromatic N) is 1. The number of nitrogens with two attached hydrogens (primary N) is 1. The third-order valence-corrected chi connectivity index (χ3v) is 5.63. The molecule has 1 aromatic heterocycles. The second kappa shape index (κ2) is 6.84. The van der Waals surface area contributed by atoms with Crippen LogP contribution in [0.3, 0.4) is 0 Å². The van der Waals surface area contributed by atoms with Crippen molar-refractivity contribution >= 4 is 39.1 Å². The second-order valence-corrected chi connectivity index (χ2v) is 7.72. The lowest BCUT2D eigenvalue weighted by molar-refractivity contribution is -0.118. The van der Waals surface area contributed by atoms with E-state index in [0.717, 1.165) is 22.9 Å². The van der Waals surface area contributed by atoms with Gasteiger partial charge in [0.05, 0.1) is 4.88 Å². The zero-order valence-electron chi connectivity index (χ0n) is 12.5. The van der Waals surface area contributed by atoms with Crippen molar-refractivity contribution in [2.45, 2.75) is 25.8 Å². The first kappa shape index (κ1) is 16.2. The van der Waals surface area contributed by atoms with E-state index in [4.69, 9.17) is 5.73 Å². The van der Waals surface area contributed by atoms with Crippen molar-refractivity contribution in [2.75, 3.05) is 6.54 Å². The van der Waals surface area contributed by atoms with E-state index in [2.05, 4.69) is 15.9 Å². The van der Waals surface area contributed by atoms with E-state index in [-0.39, 0.29) is 12.5 Å². The Balaban J connectivity index is 1.80. The Labute approximate surface area is 147 Å². The van der Waals surface area contributed by atoms with Gasteiger partial charge in [-0.1, -0.05) is 28.1 Å². The lowest BCUT2D eigenvalue weighted by atomic mass is 10.2. The first-order valence-electron chi connectivity index (χ1n) is 7.46. The summed E-state index contributed by atoms with van der Waals surface area (Å²) in [7, 11) is 0. The molecule has 1 heterocycles. The van der Waals surface area contributed by atoms with Crippen LogP contribution in [0.15, 0.2) is 34.8 Å². The van der Waals surface area contributed by atoms with Gasteiger partial charge in [0.25, 0.3) is 5.91 Å². The summed E-state index contributed by atoms with van der Waals surface area (Å²) >= 11 is 4.94. The van der Waals surface area contributed by atoms with Crippen LogP contribution in [-0.2, 0) is 24.2 Å². The largest absolute Gasteiger partial charge is 0.368 e. The third-order valence-electron chi connectivity index (χ3n) is 3.88. The van der Waals surface area contributed by atoms with Gasteiger partial charge in [-0.15, -0.1) is 11.3 Å². The summed E-state index contributed by atoms with van der Waals surface area (Å²) in [6.45, 7) is 0.301. The average Bonchev–Trinajstić information content (AvgIpc) is 3.09. The van der Waals surface area contributed by atoms with Gasteiger partial charge in [0, 0.05) is 15.9 Å². The summed E-state index contributed by atoms with van der Waals surface area (Å²) in [6.07, 6.45) is 3.26. The number of halogens is 1. The van der Waals surface area contributed by atoms with Crippen LogP contribution in [0.2, 0.25) is 0 Å². The fraction of sp³-hybridized carbons (Fsp3) is 0.294. The van der Waals surface area contributed by atoms with E-state index in [0.29, 0.717) is 11.4 Å². The van der Waals surface area contributed by atoms with Gasteiger partial charge < -0.3 is 10.6 Å². The second-order valence-electron chi connectivity index (χ2n) is 5.67. The van der Waals surface area contributed by atoms with Gasteiger partial charge in [-0.3, -0.25) is 9.59 Å². The van der Waals surface area contributed by atoms with Crippen LogP contribution >= 0.6 is 27.3 Å². The zero-order chi connectivity index (χ0) is 16.4. The Morgan fingerprint density at radius 1 is 1.22 bits per heavy atom. The van der Waals surface area contributed by atoms with Crippen LogP contribution in [0.5, 0.6) is 0 Å². The summed E-state index contributed by atoms with van der Waals surface area (Å²) in [6, 6.07) is 9.67. The maximum atomic E-state index is 12.8. The monoisotopic (exact) mass is 392 g/mol. The molecule has 0 saturated heterocycles. The summed E-state index contributed by atoms with van der Waals surface area (Å²) in [5.74, 6) is -0.620. The van der Waals surface area contributed by atoms with Gasteiger partial charge in [0.15, 0.2) is 0 Å². The average molecular weight is 393 g/mol. The van der Waals surface area contributed by atoms with E-state index < -0.39 is 5.91 Å². The normalized spacial score (nSPS) is 12.9. The van der Waals surface area contributed by atoms with Crippen LogP contribution in [0.25, 0.3) is 0 Å². The number of aryl methyl sites for hydroxylation is 2. The van der Waals surface area contributed by atoms with E-state index in [1.165, 1.54) is 21.8 Å². The standard InChI is InChI=1S/C17H17BrN2O2S/c18-13-6-4-11(5-7-13)9-20(10-16(19)21)17(22)15-8-12-2-1-3-14(12)23-15/h4-8H,1-3,9-10H2,(H2,19,21). The van der Waals surface area contributed by atoms with Gasteiger partial charge in [-0.25, -0.2) is 0 Å². The summed E-state index contributed by atoms with van der Waals surface area (Å²) in [4.78, 5) is 27.7. The SMILES string of the molecule is NC(=O)CN(Cc1ccc(Br)cc1)C(=O)c1cc2c(s1)CCC2. The predicted octanol–water partition coefficient (Wildman–Crippen LogP) is 3.13. The summed E-state index contributed by atoms with van der Waals surface area (Å²) in [5, 5.41) is 0. The molecule has 1 aromatic carbocycles. The molecule has 2 aromatic rings. The number of hydrogen-bond donors (Lipinski definition) is 1. The number of carbonyl (C=O) groups excluding carboxylic acids is 2. The Morgan fingerprint density at radius 2 is 1.96 bits per heavy atom. The first-order valence-corrected chi connectivity index (χ1v) is 9.07. The van der Waals surface area contributed by atoms with Crippen molar-refractivity contribution in [3.8, 4) is 0 Å². The molecular weight excluding hydrogens is 376 g/mol. The minimum Gasteiger partial charge on any atom is -0.368 e. The maximum Gasteiger partial charge on any atom is 0.264 e. The van der Waals surface area contributed by atoms with E-state index in [1.54, 1.807) is 11.3 Å². The number of thiophene rings is 1. The molecular formula is C17H17BrN2O2S. The van der Waals surface area contributed by atoms with Gasteiger partial charge in [0.2, 0.25) is 5.91 Å². The number of carbonyl (C=O) groups is 2. The molecule has 120 valence electrons. The van der Waals surface area contributed by atoms with Gasteiger partial charge in [0.1, 0.15) is 6.54 Å². The molecule has 4 nitrogen and oxygen atoms in total. The van der Waals surface area contributed by atoms with Gasteiger partial charge >= 0.3 is 0 Å². The molecule has 0 saturated carbocycles. The minimum absolute atomic E-state index is 0.0720. The highest BCUT2D eigenvalue weighted by Crippen LogP contribution is 2.31. The van der Waals surface area contributed by atoms with Crippen molar-refractivity contribution in [3.63, 3.8) is 0 Å². The highest BCUT2D eigenvalue weighted by molar-refractivity contribution is 9.10. The number of fused-ring (bicyclic) bond motifs is 1. The Bertz CT molecular complexity index is 718. The number of benzene rings is 1. The van der Waals surface area contributed by atoms with Crippen LogP contribution in [0.1, 0.15) is 32.1 Å².